The van der Waals surface area contributed by atoms with Gasteiger partial charge in [0.25, 0.3) is 5.91 Å². The zero-order valence-corrected chi connectivity index (χ0v) is 10.9. The van der Waals surface area contributed by atoms with Crippen LogP contribution >= 0.6 is 11.3 Å². The Morgan fingerprint density at radius 3 is 2.89 bits per heavy atom. The molecule has 0 saturated carbocycles. The van der Waals surface area contributed by atoms with Gasteiger partial charge in [0.1, 0.15) is 10.7 Å². The Labute approximate surface area is 110 Å². The Morgan fingerprint density at radius 1 is 1.50 bits per heavy atom. The minimum atomic E-state index is -0.244. The molecule has 0 unspecified atom stereocenters. The smallest absolute Gasteiger partial charge is 0.266 e. The summed E-state index contributed by atoms with van der Waals surface area (Å²) in [5.41, 5.74) is 5.78. The number of nitrogens with zero attached hydrogens (tertiary/aromatic N) is 2. The Morgan fingerprint density at radius 2 is 2.22 bits per heavy atom. The molecule has 96 valence electrons. The second kappa shape index (κ2) is 5.74. The van der Waals surface area contributed by atoms with Gasteiger partial charge in [0.2, 0.25) is 0 Å². The van der Waals surface area contributed by atoms with Crippen LogP contribution in [0.4, 0.5) is 10.9 Å². The molecule has 0 radical (unpaired) electrons. The van der Waals surface area contributed by atoms with Crippen LogP contribution in [0.15, 0.2) is 0 Å². The number of rotatable bonds is 3. The Hall–Kier alpha value is -1.74. The van der Waals surface area contributed by atoms with Crippen molar-refractivity contribution in [3.63, 3.8) is 0 Å². The van der Waals surface area contributed by atoms with E-state index in [4.69, 9.17) is 12.2 Å². The fourth-order valence-electron chi connectivity index (χ4n) is 1.91. The van der Waals surface area contributed by atoms with Crippen molar-refractivity contribution in [3.05, 3.63) is 4.88 Å². The lowest BCUT2D eigenvalue weighted by Gasteiger charge is -2.25. The molecule has 0 aromatic carbocycles. The predicted molar refractivity (Wildman–Crippen MR) is 73.8 cm³/mol. The van der Waals surface area contributed by atoms with Gasteiger partial charge in [0, 0.05) is 13.1 Å². The van der Waals surface area contributed by atoms with E-state index in [1.54, 1.807) is 0 Å². The van der Waals surface area contributed by atoms with Gasteiger partial charge in [-0.3, -0.25) is 4.79 Å². The summed E-state index contributed by atoms with van der Waals surface area (Å²) in [7, 11) is 0. The van der Waals surface area contributed by atoms with Gasteiger partial charge in [0.15, 0.2) is 5.13 Å². The molecule has 1 fully saturated rings. The highest BCUT2D eigenvalue weighted by molar-refractivity contribution is 7.18. The second-order valence-corrected chi connectivity index (χ2v) is 5.12. The lowest BCUT2D eigenvalue weighted by molar-refractivity contribution is 0.0963. The van der Waals surface area contributed by atoms with Crippen molar-refractivity contribution >= 4 is 28.2 Å². The van der Waals surface area contributed by atoms with E-state index in [-0.39, 0.29) is 18.3 Å². The average Bonchev–Trinajstić information content (AvgIpc) is 2.79. The van der Waals surface area contributed by atoms with Gasteiger partial charge in [-0.25, -0.2) is 4.98 Å². The molecule has 5 nitrogen and oxygen atoms in total. The number of aromatic nitrogens is 1. The van der Waals surface area contributed by atoms with Crippen LogP contribution in [0.25, 0.3) is 0 Å². The summed E-state index contributed by atoms with van der Waals surface area (Å²) in [5, 5.41) is 3.43. The molecule has 6 heteroatoms. The van der Waals surface area contributed by atoms with Crippen LogP contribution < -0.4 is 16.0 Å². The number of anilines is 2. The van der Waals surface area contributed by atoms with Crippen molar-refractivity contribution in [1.82, 2.24) is 10.3 Å². The van der Waals surface area contributed by atoms with E-state index in [1.165, 1.54) is 17.8 Å². The van der Waals surface area contributed by atoms with Crippen LogP contribution in [0.5, 0.6) is 0 Å². The SMILES string of the molecule is C#CCNC(=O)c1sc(N2CCCCC2)nc1N. The zero-order valence-electron chi connectivity index (χ0n) is 10.1. The van der Waals surface area contributed by atoms with E-state index in [2.05, 4.69) is 21.1 Å². The van der Waals surface area contributed by atoms with Crippen molar-refractivity contribution < 1.29 is 4.79 Å². The Kier molecular flexibility index (Phi) is 4.05. The number of thiazole rings is 1. The number of amides is 1. The van der Waals surface area contributed by atoms with E-state index in [9.17, 15) is 4.79 Å². The number of nitrogen functional groups attached to an aromatic ring is 1. The van der Waals surface area contributed by atoms with Crippen molar-refractivity contribution in [3.8, 4) is 12.3 Å². The summed E-state index contributed by atoms with van der Waals surface area (Å²) in [4.78, 5) is 18.7. The van der Waals surface area contributed by atoms with E-state index < -0.39 is 0 Å². The predicted octanol–water partition coefficient (Wildman–Crippen LogP) is 1.08. The highest BCUT2D eigenvalue weighted by Gasteiger charge is 2.20. The first kappa shape index (κ1) is 12.7. The van der Waals surface area contributed by atoms with Crippen LogP contribution in [-0.4, -0.2) is 30.5 Å². The molecule has 1 aromatic rings. The van der Waals surface area contributed by atoms with Crippen LogP contribution in [-0.2, 0) is 0 Å². The van der Waals surface area contributed by atoms with E-state index in [0.717, 1.165) is 31.1 Å². The largest absolute Gasteiger partial charge is 0.382 e. The molecular weight excluding hydrogens is 248 g/mol. The van der Waals surface area contributed by atoms with Gasteiger partial charge in [0.05, 0.1) is 6.54 Å². The third-order valence-corrected chi connectivity index (χ3v) is 3.96. The van der Waals surface area contributed by atoms with Crippen molar-refractivity contribution in [1.29, 1.82) is 0 Å². The van der Waals surface area contributed by atoms with Gasteiger partial charge in [-0.15, -0.1) is 6.42 Å². The molecule has 2 heterocycles. The molecule has 1 amide bonds. The van der Waals surface area contributed by atoms with Gasteiger partial charge in [-0.1, -0.05) is 17.3 Å². The molecular formula is C12H16N4OS. The summed E-state index contributed by atoms with van der Waals surface area (Å²) < 4.78 is 0. The number of carbonyl (C=O) groups is 1. The number of hydrogen-bond acceptors (Lipinski definition) is 5. The third kappa shape index (κ3) is 2.74. The van der Waals surface area contributed by atoms with Crippen LogP contribution in [0.3, 0.4) is 0 Å². The Balaban J connectivity index is 2.11. The van der Waals surface area contributed by atoms with Gasteiger partial charge >= 0.3 is 0 Å². The minimum Gasteiger partial charge on any atom is -0.382 e. The first-order chi connectivity index (χ1) is 8.72. The molecule has 1 aromatic heterocycles. The second-order valence-electron chi connectivity index (χ2n) is 4.15. The standard InChI is InChI=1S/C12H16N4OS/c1-2-6-14-11(17)9-10(13)15-12(18-9)16-7-4-3-5-8-16/h1H,3-8,13H2,(H,14,17). The maximum atomic E-state index is 11.8. The maximum absolute atomic E-state index is 11.8. The maximum Gasteiger partial charge on any atom is 0.266 e. The number of piperidine rings is 1. The van der Waals surface area contributed by atoms with Crippen molar-refractivity contribution in [2.24, 2.45) is 0 Å². The quantitative estimate of drug-likeness (QED) is 0.801. The topological polar surface area (TPSA) is 71.2 Å². The zero-order chi connectivity index (χ0) is 13.0. The highest BCUT2D eigenvalue weighted by atomic mass is 32.1. The van der Waals surface area contributed by atoms with Crippen molar-refractivity contribution in [2.75, 3.05) is 30.3 Å². The third-order valence-electron chi connectivity index (χ3n) is 2.83. The summed E-state index contributed by atoms with van der Waals surface area (Å²) in [5.74, 6) is 2.40. The summed E-state index contributed by atoms with van der Waals surface area (Å²) in [6.45, 7) is 2.17. The fraction of sp³-hybridized carbons (Fsp3) is 0.500. The molecule has 1 aliphatic heterocycles. The number of nitrogens with one attached hydrogen (secondary N) is 1. The first-order valence-corrected chi connectivity index (χ1v) is 6.77. The lowest BCUT2D eigenvalue weighted by Crippen LogP contribution is -2.29. The van der Waals surface area contributed by atoms with Crippen LogP contribution in [0.2, 0.25) is 0 Å². The highest BCUT2D eigenvalue weighted by Crippen LogP contribution is 2.29. The monoisotopic (exact) mass is 264 g/mol. The number of terminal acetylenes is 1. The molecule has 0 atom stereocenters. The number of hydrogen-bond donors (Lipinski definition) is 2. The summed E-state index contributed by atoms with van der Waals surface area (Å²) in [6.07, 6.45) is 8.69. The number of carbonyl (C=O) groups excluding carboxylic acids is 1. The van der Waals surface area contributed by atoms with E-state index >= 15 is 0 Å². The van der Waals surface area contributed by atoms with Gasteiger partial charge in [-0.05, 0) is 19.3 Å². The first-order valence-electron chi connectivity index (χ1n) is 5.95. The van der Waals surface area contributed by atoms with Crippen LogP contribution in [0.1, 0.15) is 28.9 Å². The fourth-order valence-corrected chi connectivity index (χ4v) is 2.87. The minimum absolute atomic E-state index is 0.204. The molecule has 0 bridgehead atoms. The summed E-state index contributed by atoms with van der Waals surface area (Å²) in [6, 6.07) is 0. The Bertz CT molecular complexity index is 471. The normalized spacial score (nSPS) is 15.2. The number of nitrogens with two attached hydrogens (primary N) is 1. The molecule has 18 heavy (non-hydrogen) atoms. The summed E-state index contributed by atoms with van der Waals surface area (Å²) >= 11 is 1.33. The molecule has 0 aliphatic carbocycles. The van der Waals surface area contributed by atoms with Crippen LogP contribution in [0, 0.1) is 12.3 Å². The average molecular weight is 264 g/mol. The lowest BCUT2D eigenvalue weighted by atomic mass is 10.1. The van der Waals surface area contributed by atoms with Gasteiger partial charge in [-0.2, -0.15) is 0 Å². The molecule has 2 rings (SSSR count). The van der Waals surface area contributed by atoms with E-state index in [1.807, 2.05) is 0 Å². The molecule has 1 saturated heterocycles. The van der Waals surface area contributed by atoms with E-state index in [0.29, 0.717) is 4.88 Å². The molecule has 0 spiro atoms. The van der Waals surface area contributed by atoms with Gasteiger partial charge < -0.3 is 16.0 Å². The molecule has 3 N–H and O–H groups in total. The van der Waals surface area contributed by atoms with Crippen molar-refractivity contribution in [2.45, 2.75) is 19.3 Å². The molecule has 1 aliphatic rings.